The van der Waals surface area contributed by atoms with Gasteiger partial charge in [-0.15, -0.1) is 0 Å². The van der Waals surface area contributed by atoms with Crippen LogP contribution in [0.3, 0.4) is 0 Å². The molecular formula is C7H8N4O4. The molecule has 0 aliphatic carbocycles. The summed E-state index contributed by atoms with van der Waals surface area (Å²) in [6.07, 6.45) is 1.41. The molecule has 0 saturated heterocycles. The number of aryl methyl sites for hydroxylation is 1. The van der Waals surface area contributed by atoms with E-state index in [0.29, 0.717) is 0 Å². The normalized spacial score (nSPS) is 9.93. The molecule has 0 N–H and O–H groups in total. The second-order valence-electron chi connectivity index (χ2n) is 2.72. The second kappa shape index (κ2) is 3.86. The predicted molar refractivity (Wildman–Crippen MR) is 50.5 cm³/mol. The van der Waals surface area contributed by atoms with Gasteiger partial charge in [-0.25, -0.2) is 0 Å². The van der Waals surface area contributed by atoms with E-state index in [4.69, 9.17) is 0 Å². The maximum absolute atomic E-state index is 10.6. The lowest BCUT2D eigenvalue weighted by molar-refractivity contribution is -0.428. The Balaban J connectivity index is 3.43. The van der Waals surface area contributed by atoms with Crippen molar-refractivity contribution >= 4 is 11.6 Å². The van der Waals surface area contributed by atoms with Crippen molar-refractivity contribution in [2.75, 3.05) is 0 Å². The number of rotatable bonds is 4. The van der Waals surface area contributed by atoms with E-state index in [1.54, 1.807) is 0 Å². The third-order valence-electron chi connectivity index (χ3n) is 1.77. The summed E-state index contributed by atoms with van der Waals surface area (Å²) in [6, 6.07) is 0. The van der Waals surface area contributed by atoms with Crippen LogP contribution in [0.15, 0.2) is 12.7 Å². The number of nitro groups is 2. The van der Waals surface area contributed by atoms with Gasteiger partial charge < -0.3 is 20.2 Å². The lowest BCUT2D eigenvalue weighted by Gasteiger charge is -1.96. The first-order chi connectivity index (χ1) is 6.99. The number of allylic oxidation sites excluding steroid dienone is 1. The molecule has 0 unspecified atom stereocenters. The summed E-state index contributed by atoms with van der Waals surface area (Å²) in [5.41, 5.74) is 0. The first kappa shape index (κ1) is 10.8. The molecular weight excluding hydrogens is 204 g/mol. The summed E-state index contributed by atoms with van der Waals surface area (Å²) in [6.45, 7) is 4.99. The van der Waals surface area contributed by atoms with Crippen molar-refractivity contribution in [2.24, 2.45) is 0 Å². The average molecular weight is 212 g/mol. The van der Waals surface area contributed by atoms with Crippen LogP contribution in [-0.2, 0) is 6.54 Å². The molecule has 8 heteroatoms. The van der Waals surface area contributed by atoms with Crippen LogP contribution in [0, 0.1) is 27.2 Å². The maximum atomic E-state index is 10.6. The smallest absolute Gasteiger partial charge is 0.358 e. The van der Waals surface area contributed by atoms with Gasteiger partial charge in [0.2, 0.25) is 0 Å². The maximum Gasteiger partial charge on any atom is 0.462 e. The zero-order chi connectivity index (χ0) is 11.6. The van der Waals surface area contributed by atoms with Gasteiger partial charge in [-0.3, -0.25) is 0 Å². The number of hydrogen-bond acceptors (Lipinski definition) is 5. The van der Waals surface area contributed by atoms with Gasteiger partial charge in [-0.05, 0) is 9.85 Å². The molecule has 80 valence electrons. The van der Waals surface area contributed by atoms with Crippen LogP contribution in [0.4, 0.5) is 11.6 Å². The van der Waals surface area contributed by atoms with Crippen LogP contribution >= 0.6 is 0 Å². The summed E-state index contributed by atoms with van der Waals surface area (Å²) in [4.78, 5) is 23.0. The van der Waals surface area contributed by atoms with Crippen LogP contribution in [0.5, 0.6) is 0 Å². The SMILES string of the molecule is C=CCn1c(C)nc([N+](=O)[O-])c1[N+](=O)[O-]. The number of aromatic nitrogens is 2. The topological polar surface area (TPSA) is 104 Å². The Morgan fingerprint density at radius 2 is 2.07 bits per heavy atom. The van der Waals surface area contributed by atoms with Crippen LogP contribution < -0.4 is 0 Å². The van der Waals surface area contributed by atoms with Gasteiger partial charge in [0.1, 0.15) is 6.54 Å². The van der Waals surface area contributed by atoms with Crippen molar-refractivity contribution in [3.63, 3.8) is 0 Å². The summed E-state index contributed by atoms with van der Waals surface area (Å²) in [5, 5.41) is 21.1. The van der Waals surface area contributed by atoms with Crippen molar-refractivity contribution in [1.29, 1.82) is 0 Å². The first-order valence-corrected chi connectivity index (χ1v) is 3.95. The number of imidazole rings is 1. The fraction of sp³-hybridized carbons (Fsp3) is 0.286. The molecule has 0 aliphatic heterocycles. The Kier molecular flexibility index (Phi) is 2.79. The molecule has 1 aromatic heterocycles. The highest BCUT2D eigenvalue weighted by molar-refractivity contribution is 5.43. The molecule has 1 heterocycles. The quantitative estimate of drug-likeness (QED) is 0.423. The molecule has 15 heavy (non-hydrogen) atoms. The van der Waals surface area contributed by atoms with E-state index >= 15 is 0 Å². The molecule has 0 fully saturated rings. The summed E-state index contributed by atoms with van der Waals surface area (Å²) < 4.78 is 1.13. The molecule has 0 radical (unpaired) electrons. The second-order valence-corrected chi connectivity index (χ2v) is 2.72. The first-order valence-electron chi connectivity index (χ1n) is 3.95. The fourth-order valence-corrected chi connectivity index (χ4v) is 1.19. The van der Waals surface area contributed by atoms with E-state index in [1.165, 1.54) is 13.0 Å². The Morgan fingerprint density at radius 3 is 2.47 bits per heavy atom. The Morgan fingerprint density at radius 1 is 1.47 bits per heavy atom. The highest BCUT2D eigenvalue weighted by atomic mass is 16.6. The van der Waals surface area contributed by atoms with Crippen molar-refractivity contribution in [3.8, 4) is 0 Å². The minimum atomic E-state index is -0.870. The zero-order valence-corrected chi connectivity index (χ0v) is 7.91. The molecule has 0 atom stereocenters. The zero-order valence-electron chi connectivity index (χ0n) is 7.91. The van der Waals surface area contributed by atoms with Crippen LogP contribution in [-0.4, -0.2) is 19.4 Å². The van der Waals surface area contributed by atoms with E-state index in [9.17, 15) is 20.2 Å². The third-order valence-corrected chi connectivity index (χ3v) is 1.77. The van der Waals surface area contributed by atoms with E-state index in [2.05, 4.69) is 11.6 Å². The molecule has 0 spiro atoms. The number of nitrogens with zero attached hydrogens (tertiary/aromatic N) is 4. The predicted octanol–water partition coefficient (Wildman–Crippen LogP) is 1.19. The van der Waals surface area contributed by atoms with Gasteiger partial charge in [0.05, 0.1) is 0 Å². The van der Waals surface area contributed by atoms with Gasteiger partial charge in [0, 0.05) is 11.9 Å². The van der Waals surface area contributed by atoms with Crippen molar-refractivity contribution in [1.82, 2.24) is 9.55 Å². The number of hydrogen-bond donors (Lipinski definition) is 0. The molecule has 1 aromatic rings. The van der Waals surface area contributed by atoms with Crippen LogP contribution in [0.2, 0.25) is 0 Å². The highest BCUT2D eigenvalue weighted by Crippen LogP contribution is 2.26. The van der Waals surface area contributed by atoms with Crippen molar-refractivity contribution < 1.29 is 9.85 Å². The molecule has 0 aromatic carbocycles. The largest absolute Gasteiger partial charge is 0.462 e. The lowest BCUT2D eigenvalue weighted by atomic mass is 10.5. The van der Waals surface area contributed by atoms with Crippen LogP contribution in [0.25, 0.3) is 0 Å². The fourth-order valence-electron chi connectivity index (χ4n) is 1.19. The molecule has 8 nitrogen and oxygen atoms in total. The van der Waals surface area contributed by atoms with Gasteiger partial charge in [-0.2, -0.15) is 4.57 Å². The minimum Gasteiger partial charge on any atom is -0.358 e. The third kappa shape index (κ3) is 1.82. The molecule has 0 aliphatic rings. The van der Waals surface area contributed by atoms with Crippen molar-refractivity contribution in [2.45, 2.75) is 13.5 Å². The highest BCUT2D eigenvalue weighted by Gasteiger charge is 2.34. The minimum absolute atomic E-state index is 0.114. The monoisotopic (exact) mass is 212 g/mol. The molecule has 1 rings (SSSR count). The van der Waals surface area contributed by atoms with Crippen LogP contribution in [0.1, 0.15) is 5.82 Å². The molecule has 0 bridgehead atoms. The summed E-state index contributed by atoms with van der Waals surface area (Å²) in [7, 11) is 0. The van der Waals surface area contributed by atoms with E-state index in [0.717, 1.165) is 4.57 Å². The molecule has 0 saturated carbocycles. The van der Waals surface area contributed by atoms with Gasteiger partial charge in [0.25, 0.3) is 0 Å². The lowest BCUT2D eigenvalue weighted by Crippen LogP contribution is -2.04. The van der Waals surface area contributed by atoms with Gasteiger partial charge in [0.15, 0.2) is 0 Å². The van der Waals surface area contributed by atoms with E-state index < -0.39 is 21.5 Å². The van der Waals surface area contributed by atoms with Gasteiger partial charge in [-0.1, -0.05) is 12.7 Å². The summed E-state index contributed by atoms with van der Waals surface area (Å²) >= 11 is 0. The van der Waals surface area contributed by atoms with E-state index in [1.807, 2.05) is 0 Å². The molecule has 0 amide bonds. The Bertz CT molecular complexity index is 436. The standard InChI is InChI=1S/C7H8N4O4/c1-3-4-9-5(2)8-6(10(12)13)7(9)11(14)15/h3H,1,4H2,2H3. The average Bonchev–Trinajstić information content (AvgIpc) is 2.45. The Labute approximate surface area is 84.1 Å². The van der Waals surface area contributed by atoms with Crippen molar-refractivity contribution in [3.05, 3.63) is 38.7 Å². The van der Waals surface area contributed by atoms with Gasteiger partial charge >= 0.3 is 17.5 Å². The van der Waals surface area contributed by atoms with E-state index in [-0.39, 0.29) is 12.4 Å². The summed E-state index contributed by atoms with van der Waals surface area (Å²) in [5.74, 6) is -1.13. The Hall–Kier alpha value is -2.25.